The van der Waals surface area contributed by atoms with Crippen molar-refractivity contribution in [3.05, 3.63) is 58.2 Å². The van der Waals surface area contributed by atoms with Crippen LogP contribution < -0.4 is 5.32 Å². The van der Waals surface area contributed by atoms with E-state index in [4.69, 9.17) is 0 Å². The first-order chi connectivity index (χ1) is 10.7. The number of benzene rings is 1. The summed E-state index contributed by atoms with van der Waals surface area (Å²) in [5.74, 6) is 1.53. The second kappa shape index (κ2) is 5.27. The summed E-state index contributed by atoms with van der Waals surface area (Å²) in [5.41, 5.74) is 2.37. The summed E-state index contributed by atoms with van der Waals surface area (Å²) in [5, 5.41) is 14.8. The number of non-ortho nitro benzene ring substituents is 1. The maximum absolute atomic E-state index is 11.1. The molecule has 114 valence electrons. The molecule has 0 spiro atoms. The van der Waals surface area contributed by atoms with Gasteiger partial charge in [-0.15, -0.1) is 0 Å². The first-order valence-electron chi connectivity index (χ1n) is 8.10. The van der Waals surface area contributed by atoms with Crippen molar-refractivity contribution in [2.45, 2.75) is 37.6 Å². The number of fused-ring (bicyclic) bond motifs is 3. The van der Waals surface area contributed by atoms with E-state index in [0.29, 0.717) is 23.8 Å². The van der Waals surface area contributed by atoms with Gasteiger partial charge in [-0.1, -0.05) is 24.3 Å². The molecule has 0 unspecified atom stereocenters. The summed E-state index contributed by atoms with van der Waals surface area (Å²) in [6, 6.07) is 5.73. The molecule has 3 aliphatic rings. The Kier molecular flexibility index (Phi) is 3.25. The largest absolute Gasteiger partial charge is 0.381 e. The molecule has 1 aliphatic heterocycles. The Morgan fingerprint density at radius 3 is 2.86 bits per heavy atom. The van der Waals surface area contributed by atoms with Crippen molar-refractivity contribution < 1.29 is 4.92 Å². The van der Waals surface area contributed by atoms with Crippen LogP contribution in [0, 0.1) is 22.0 Å². The zero-order valence-electron chi connectivity index (χ0n) is 12.4. The molecule has 0 amide bonds. The Morgan fingerprint density at radius 2 is 2.09 bits per heavy atom. The van der Waals surface area contributed by atoms with Crippen LogP contribution in [-0.2, 0) is 0 Å². The van der Waals surface area contributed by atoms with Crippen LogP contribution in [0.1, 0.15) is 37.2 Å². The third-order valence-electron chi connectivity index (χ3n) is 5.42. The molecule has 0 radical (unpaired) electrons. The molecule has 0 fully saturated rings. The van der Waals surface area contributed by atoms with Gasteiger partial charge >= 0.3 is 0 Å². The number of nitrogens with one attached hydrogen (secondary N) is 1. The predicted molar refractivity (Wildman–Crippen MR) is 87.0 cm³/mol. The first kappa shape index (κ1) is 13.6. The lowest BCUT2D eigenvalue weighted by atomic mass is 9.72. The lowest BCUT2D eigenvalue weighted by Crippen LogP contribution is -2.41. The fraction of sp³-hybridized carbons (Fsp3) is 0.444. The van der Waals surface area contributed by atoms with Gasteiger partial charge in [0.05, 0.1) is 4.92 Å². The van der Waals surface area contributed by atoms with Crippen LogP contribution in [0.4, 0.5) is 11.4 Å². The van der Waals surface area contributed by atoms with E-state index >= 15 is 0 Å². The molecule has 1 aromatic carbocycles. The molecule has 0 saturated heterocycles. The molecular weight excluding hydrogens is 276 g/mol. The highest BCUT2D eigenvalue weighted by atomic mass is 16.6. The maximum atomic E-state index is 11.1. The Morgan fingerprint density at radius 1 is 1.18 bits per heavy atom. The van der Waals surface area contributed by atoms with Crippen molar-refractivity contribution >= 4 is 11.4 Å². The number of hydrogen-bond donors (Lipinski definition) is 1. The van der Waals surface area contributed by atoms with Crippen LogP contribution in [0.3, 0.4) is 0 Å². The SMILES string of the molecule is O=[N+]([O-])c1ccc2c(c1)[C@@H]1C=CC[C@@H]1[C@H]([C@H]1CC=CCC1)N2. The van der Waals surface area contributed by atoms with Crippen molar-refractivity contribution in [1.29, 1.82) is 0 Å². The Balaban J connectivity index is 1.70. The maximum Gasteiger partial charge on any atom is 0.269 e. The number of rotatable bonds is 2. The molecule has 22 heavy (non-hydrogen) atoms. The van der Waals surface area contributed by atoms with E-state index < -0.39 is 0 Å². The standard InChI is InChI=1S/C18H20N2O2/c21-20(22)13-9-10-17-16(11-13)14-7-4-8-15(14)18(19-17)12-5-2-1-3-6-12/h1-2,4,7,9-12,14-15,18-19H,3,5-6,8H2/t12-,14+,15-,18-/m0/s1. The predicted octanol–water partition coefficient (Wildman–Crippen LogP) is 4.40. The number of allylic oxidation sites excluding steroid dienone is 4. The summed E-state index contributed by atoms with van der Waals surface area (Å²) < 4.78 is 0. The molecular formula is C18H20N2O2. The van der Waals surface area contributed by atoms with Gasteiger partial charge in [-0.2, -0.15) is 0 Å². The summed E-state index contributed by atoms with van der Waals surface area (Å²) in [7, 11) is 0. The zero-order chi connectivity index (χ0) is 15.1. The lowest BCUT2D eigenvalue weighted by molar-refractivity contribution is -0.384. The third kappa shape index (κ3) is 2.14. The minimum absolute atomic E-state index is 0.193. The van der Waals surface area contributed by atoms with E-state index in [-0.39, 0.29) is 10.6 Å². The average molecular weight is 296 g/mol. The second-order valence-electron chi connectivity index (χ2n) is 6.60. The topological polar surface area (TPSA) is 55.2 Å². The van der Waals surface area contributed by atoms with Gasteiger partial charge < -0.3 is 5.32 Å². The Hall–Kier alpha value is -2.10. The normalized spacial score (nSPS) is 32.2. The Labute approximate surface area is 130 Å². The van der Waals surface area contributed by atoms with Crippen molar-refractivity contribution in [3.63, 3.8) is 0 Å². The highest BCUT2D eigenvalue weighted by molar-refractivity contribution is 5.62. The Bertz CT molecular complexity index is 665. The van der Waals surface area contributed by atoms with Crippen LogP contribution in [0.15, 0.2) is 42.5 Å². The van der Waals surface area contributed by atoms with Gasteiger partial charge in [0, 0.05) is 29.8 Å². The van der Waals surface area contributed by atoms with Gasteiger partial charge in [0.15, 0.2) is 0 Å². The minimum atomic E-state index is -0.300. The second-order valence-corrected chi connectivity index (χ2v) is 6.60. The molecule has 4 heteroatoms. The van der Waals surface area contributed by atoms with Gasteiger partial charge in [-0.3, -0.25) is 10.1 Å². The minimum Gasteiger partial charge on any atom is -0.381 e. The van der Waals surface area contributed by atoms with Crippen LogP contribution in [0.25, 0.3) is 0 Å². The molecule has 0 aromatic heterocycles. The molecule has 4 atom stereocenters. The molecule has 4 nitrogen and oxygen atoms in total. The summed E-state index contributed by atoms with van der Waals surface area (Å²) in [4.78, 5) is 10.8. The smallest absolute Gasteiger partial charge is 0.269 e. The van der Waals surface area contributed by atoms with E-state index in [1.54, 1.807) is 12.1 Å². The summed E-state index contributed by atoms with van der Waals surface area (Å²) in [6.07, 6.45) is 13.7. The van der Waals surface area contributed by atoms with Crippen LogP contribution in [0.2, 0.25) is 0 Å². The summed E-state index contributed by atoms with van der Waals surface area (Å²) >= 11 is 0. The van der Waals surface area contributed by atoms with E-state index in [9.17, 15) is 10.1 Å². The molecule has 4 rings (SSSR count). The fourth-order valence-electron chi connectivity index (χ4n) is 4.34. The van der Waals surface area contributed by atoms with Gasteiger partial charge in [-0.05, 0) is 49.1 Å². The number of nitro benzene ring substituents is 1. The van der Waals surface area contributed by atoms with E-state index in [0.717, 1.165) is 24.1 Å². The number of anilines is 1. The number of nitrogens with zero attached hydrogens (tertiary/aromatic N) is 1. The monoisotopic (exact) mass is 296 g/mol. The molecule has 1 N–H and O–H groups in total. The quantitative estimate of drug-likeness (QED) is 0.500. The van der Waals surface area contributed by atoms with Gasteiger partial charge in [-0.25, -0.2) is 0 Å². The molecule has 2 aliphatic carbocycles. The summed E-state index contributed by atoms with van der Waals surface area (Å²) in [6.45, 7) is 0. The first-order valence-corrected chi connectivity index (χ1v) is 8.10. The fourth-order valence-corrected chi connectivity index (χ4v) is 4.34. The van der Waals surface area contributed by atoms with Crippen LogP contribution >= 0.6 is 0 Å². The van der Waals surface area contributed by atoms with Gasteiger partial charge in [0.1, 0.15) is 0 Å². The number of hydrogen-bond acceptors (Lipinski definition) is 3. The van der Waals surface area contributed by atoms with Crippen molar-refractivity contribution in [1.82, 2.24) is 0 Å². The van der Waals surface area contributed by atoms with Gasteiger partial charge in [0.25, 0.3) is 5.69 Å². The van der Waals surface area contributed by atoms with Crippen LogP contribution in [-0.4, -0.2) is 11.0 Å². The third-order valence-corrected chi connectivity index (χ3v) is 5.42. The van der Waals surface area contributed by atoms with Crippen molar-refractivity contribution in [2.75, 3.05) is 5.32 Å². The highest BCUT2D eigenvalue weighted by Crippen LogP contribution is 2.48. The zero-order valence-corrected chi connectivity index (χ0v) is 12.4. The van der Waals surface area contributed by atoms with Crippen molar-refractivity contribution in [3.8, 4) is 0 Å². The molecule has 1 aromatic rings. The highest BCUT2D eigenvalue weighted by Gasteiger charge is 2.40. The molecule has 0 saturated carbocycles. The van der Waals surface area contributed by atoms with Gasteiger partial charge in [0.2, 0.25) is 0 Å². The number of nitro groups is 1. The lowest BCUT2D eigenvalue weighted by Gasteiger charge is -2.41. The molecule has 0 bridgehead atoms. The average Bonchev–Trinajstić information content (AvgIpc) is 3.04. The van der Waals surface area contributed by atoms with E-state index in [2.05, 4.69) is 29.6 Å². The van der Waals surface area contributed by atoms with E-state index in [1.165, 1.54) is 12.8 Å². The van der Waals surface area contributed by atoms with Crippen LogP contribution in [0.5, 0.6) is 0 Å². The molecule has 1 heterocycles. The van der Waals surface area contributed by atoms with Crippen molar-refractivity contribution in [2.24, 2.45) is 11.8 Å². The van der Waals surface area contributed by atoms with E-state index in [1.807, 2.05) is 6.07 Å².